The minimum absolute atomic E-state index is 0.0688. The lowest BCUT2D eigenvalue weighted by Gasteiger charge is -2.21. The smallest absolute Gasteiger partial charge is 0.246 e. The fourth-order valence-electron chi connectivity index (χ4n) is 1.97. The van der Waals surface area contributed by atoms with Crippen molar-refractivity contribution >= 4 is 21.6 Å². The number of rotatable bonds is 7. The van der Waals surface area contributed by atoms with Crippen LogP contribution in [0.5, 0.6) is 5.75 Å². The molecule has 0 aliphatic rings. The quantitative estimate of drug-likeness (QED) is 0.836. The third kappa shape index (κ3) is 4.18. The molecule has 118 valence electrons. The maximum atomic E-state index is 12.7. The molecule has 0 aromatic heterocycles. The number of sulfonamides is 1. The zero-order valence-electron chi connectivity index (χ0n) is 12.8. The van der Waals surface area contributed by atoms with Crippen LogP contribution in [0.2, 0.25) is 0 Å². The Morgan fingerprint density at radius 1 is 1.24 bits per heavy atom. The van der Waals surface area contributed by atoms with E-state index in [1.165, 1.54) is 17.3 Å². The van der Waals surface area contributed by atoms with Crippen molar-refractivity contribution in [2.75, 3.05) is 25.0 Å². The Hall–Kier alpha value is -1.60. The van der Waals surface area contributed by atoms with Gasteiger partial charge in [0.1, 0.15) is 10.6 Å². The molecule has 1 rings (SSSR count). The topological polar surface area (TPSA) is 75.7 Å². The molecule has 7 heteroatoms. The Balaban J connectivity index is 3.37. The van der Waals surface area contributed by atoms with Crippen LogP contribution in [0.1, 0.15) is 27.7 Å². The summed E-state index contributed by atoms with van der Waals surface area (Å²) in [5.74, 6) is 0.0313. The van der Waals surface area contributed by atoms with E-state index in [4.69, 9.17) is 4.74 Å². The molecule has 0 aliphatic heterocycles. The van der Waals surface area contributed by atoms with Crippen molar-refractivity contribution in [1.82, 2.24) is 4.31 Å². The Kier molecular flexibility index (Phi) is 6.17. The van der Waals surface area contributed by atoms with Crippen LogP contribution < -0.4 is 10.1 Å². The van der Waals surface area contributed by atoms with Gasteiger partial charge in [0.05, 0.1) is 6.61 Å². The van der Waals surface area contributed by atoms with E-state index in [0.717, 1.165) is 0 Å². The molecule has 1 aromatic carbocycles. The van der Waals surface area contributed by atoms with E-state index in [1.54, 1.807) is 32.9 Å². The van der Waals surface area contributed by atoms with Crippen molar-refractivity contribution in [2.45, 2.75) is 32.6 Å². The highest BCUT2D eigenvalue weighted by atomic mass is 32.2. The van der Waals surface area contributed by atoms with Crippen LogP contribution >= 0.6 is 0 Å². The van der Waals surface area contributed by atoms with E-state index < -0.39 is 10.0 Å². The molecular weight excluding hydrogens is 292 g/mol. The fourth-order valence-corrected chi connectivity index (χ4v) is 3.58. The summed E-state index contributed by atoms with van der Waals surface area (Å²) in [4.78, 5) is 11.2. The van der Waals surface area contributed by atoms with E-state index >= 15 is 0 Å². The van der Waals surface area contributed by atoms with Crippen molar-refractivity contribution in [3.63, 3.8) is 0 Å². The summed E-state index contributed by atoms with van der Waals surface area (Å²) in [6, 6.07) is 4.61. The number of nitrogens with zero attached hydrogens (tertiary/aromatic N) is 1. The predicted octanol–water partition coefficient (Wildman–Crippen LogP) is 2.07. The molecule has 0 saturated carbocycles. The number of amides is 1. The van der Waals surface area contributed by atoms with Gasteiger partial charge in [0.25, 0.3) is 0 Å². The zero-order chi connectivity index (χ0) is 16.0. The average molecular weight is 314 g/mol. The maximum Gasteiger partial charge on any atom is 0.246 e. The van der Waals surface area contributed by atoms with Crippen molar-refractivity contribution in [3.05, 3.63) is 18.2 Å². The van der Waals surface area contributed by atoms with Gasteiger partial charge in [0.15, 0.2) is 0 Å². The molecule has 0 atom stereocenters. The third-order valence-corrected chi connectivity index (χ3v) is 4.96. The molecule has 1 aromatic rings. The summed E-state index contributed by atoms with van der Waals surface area (Å²) < 4.78 is 32.1. The van der Waals surface area contributed by atoms with Gasteiger partial charge in [-0.25, -0.2) is 8.42 Å². The standard InChI is InChI=1S/C14H22N2O4S/c1-5-16(6-2)21(18,19)14-10-12(15-11(4)17)8-9-13(14)20-7-3/h8-10H,5-7H2,1-4H3,(H,15,17). The Labute approximate surface area is 126 Å². The lowest BCUT2D eigenvalue weighted by atomic mass is 10.3. The van der Waals surface area contributed by atoms with Gasteiger partial charge >= 0.3 is 0 Å². The van der Waals surface area contributed by atoms with E-state index in [1.807, 2.05) is 0 Å². The van der Waals surface area contributed by atoms with E-state index in [9.17, 15) is 13.2 Å². The molecule has 0 fully saturated rings. The third-order valence-electron chi connectivity index (χ3n) is 2.89. The summed E-state index contributed by atoms with van der Waals surface area (Å²) in [6.45, 7) is 7.81. The molecule has 0 bridgehead atoms. The molecular formula is C14H22N2O4S. The number of carbonyl (C=O) groups is 1. The first-order valence-electron chi connectivity index (χ1n) is 6.91. The number of carbonyl (C=O) groups excluding carboxylic acids is 1. The molecule has 0 saturated heterocycles. The number of nitrogens with one attached hydrogen (secondary N) is 1. The summed E-state index contributed by atoms with van der Waals surface area (Å²) >= 11 is 0. The molecule has 0 heterocycles. The highest BCUT2D eigenvalue weighted by molar-refractivity contribution is 7.89. The second kappa shape index (κ2) is 7.42. The van der Waals surface area contributed by atoms with Gasteiger partial charge < -0.3 is 10.1 Å². The minimum atomic E-state index is -3.66. The van der Waals surface area contributed by atoms with Crippen LogP contribution in [-0.2, 0) is 14.8 Å². The number of benzene rings is 1. The van der Waals surface area contributed by atoms with E-state index in [0.29, 0.717) is 31.1 Å². The lowest BCUT2D eigenvalue weighted by Crippen LogP contribution is -2.31. The van der Waals surface area contributed by atoms with Crippen LogP contribution in [0.15, 0.2) is 23.1 Å². The Morgan fingerprint density at radius 2 is 1.86 bits per heavy atom. The van der Waals surface area contributed by atoms with E-state index in [-0.39, 0.29) is 10.8 Å². The number of ether oxygens (including phenoxy) is 1. The van der Waals surface area contributed by atoms with Gasteiger partial charge in [0, 0.05) is 25.7 Å². The highest BCUT2D eigenvalue weighted by Crippen LogP contribution is 2.30. The lowest BCUT2D eigenvalue weighted by molar-refractivity contribution is -0.114. The van der Waals surface area contributed by atoms with E-state index in [2.05, 4.69) is 5.32 Å². The number of hydrogen-bond acceptors (Lipinski definition) is 4. The fraction of sp³-hybridized carbons (Fsp3) is 0.500. The Morgan fingerprint density at radius 3 is 2.33 bits per heavy atom. The average Bonchev–Trinajstić information content (AvgIpc) is 2.41. The van der Waals surface area contributed by atoms with Crippen LogP contribution in [0, 0.1) is 0 Å². The maximum absolute atomic E-state index is 12.7. The molecule has 21 heavy (non-hydrogen) atoms. The SMILES string of the molecule is CCOc1ccc(NC(C)=O)cc1S(=O)(=O)N(CC)CC. The molecule has 1 amide bonds. The second-order valence-corrected chi connectivity index (χ2v) is 6.27. The second-order valence-electron chi connectivity index (χ2n) is 4.37. The normalized spacial score (nSPS) is 11.5. The van der Waals surface area contributed by atoms with Gasteiger partial charge in [-0.15, -0.1) is 0 Å². The summed E-state index contributed by atoms with van der Waals surface area (Å²) in [7, 11) is -3.66. The van der Waals surface area contributed by atoms with Crippen LogP contribution in [0.3, 0.4) is 0 Å². The molecule has 0 radical (unpaired) electrons. The number of hydrogen-bond donors (Lipinski definition) is 1. The van der Waals surface area contributed by atoms with Crippen molar-refractivity contribution in [1.29, 1.82) is 0 Å². The monoisotopic (exact) mass is 314 g/mol. The largest absolute Gasteiger partial charge is 0.492 e. The van der Waals surface area contributed by atoms with Gasteiger partial charge in [0.2, 0.25) is 15.9 Å². The van der Waals surface area contributed by atoms with Gasteiger partial charge in [-0.3, -0.25) is 4.79 Å². The highest BCUT2D eigenvalue weighted by Gasteiger charge is 2.26. The predicted molar refractivity (Wildman–Crippen MR) is 82.0 cm³/mol. The summed E-state index contributed by atoms with van der Waals surface area (Å²) in [5.41, 5.74) is 0.427. The molecule has 6 nitrogen and oxygen atoms in total. The summed E-state index contributed by atoms with van der Waals surface area (Å²) in [6.07, 6.45) is 0. The van der Waals surface area contributed by atoms with Crippen molar-refractivity contribution < 1.29 is 17.9 Å². The first kappa shape index (κ1) is 17.5. The first-order chi connectivity index (χ1) is 9.86. The zero-order valence-corrected chi connectivity index (χ0v) is 13.7. The molecule has 0 unspecified atom stereocenters. The molecule has 0 aliphatic carbocycles. The van der Waals surface area contributed by atoms with Crippen LogP contribution in [-0.4, -0.2) is 38.3 Å². The molecule has 1 N–H and O–H groups in total. The van der Waals surface area contributed by atoms with Gasteiger partial charge in [-0.2, -0.15) is 4.31 Å². The first-order valence-corrected chi connectivity index (χ1v) is 8.35. The van der Waals surface area contributed by atoms with Crippen molar-refractivity contribution in [2.24, 2.45) is 0 Å². The molecule has 0 spiro atoms. The van der Waals surface area contributed by atoms with Crippen molar-refractivity contribution in [3.8, 4) is 5.75 Å². The summed E-state index contributed by atoms with van der Waals surface area (Å²) in [5, 5.41) is 2.58. The van der Waals surface area contributed by atoms with Crippen LogP contribution in [0.25, 0.3) is 0 Å². The van der Waals surface area contributed by atoms with Gasteiger partial charge in [-0.05, 0) is 25.1 Å². The Bertz CT molecular complexity index is 595. The van der Waals surface area contributed by atoms with Gasteiger partial charge in [-0.1, -0.05) is 13.8 Å². The van der Waals surface area contributed by atoms with Crippen LogP contribution in [0.4, 0.5) is 5.69 Å². The minimum Gasteiger partial charge on any atom is -0.492 e. The number of anilines is 1.